The van der Waals surface area contributed by atoms with Gasteiger partial charge in [0.05, 0.1) is 0 Å². The lowest BCUT2D eigenvalue weighted by Gasteiger charge is -2.09. The highest BCUT2D eigenvalue weighted by Gasteiger charge is 2.10. The fraction of sp³-hybridized carbons (Fsp3) is 0.375. The van der Waals surface area contributed by atoms with Crippen LogP contribution < -0.4 is 5.32 Å². The summed E-state index contributed by atoms with van der Waals surface area (Å²) in [5, 5.41) is 5.91. The van der Waals surface area contributed by atoms with Crippen molar-refractivity contribution in [1.29, 1.82) is 0 Å². The van der Waals surface area contributed by atoms with Gasteiger partial charge in [-0.1, -0.05) is 47.1 Å². The molecule has 1 amide bonds. The van der Waals surface area contributed by atoms with Crippen LogP contribution in [0.4, 0.5) is 0 Å². The van der Waals surface area contributed by atoms with Crippen LogP contribution in [0.5, 0.6) is 0 Å². The zero-order valence-electron chi connectivity index (χ0n) is 11.6. The lowest BCUT2D eigenvalue weighted by atomic mass is 10.1. The SMILES string of the molecule is CC(CBr)CCCNC(=O)c1nccc2ccccc12. The highest BCUT2D eigenvalue weighted by molar-refractivity contribution is 9.09. The topological polar surface area (TPSA) is 42.0 Å². The van der Waals surface area contributed by atoms with E-state index >= 15 is 0 Å². The molecule has 1 atom stereocenters. The van der Waals surface area contributed by atoms with Crippen molar-refractivity contribution in [3.8, 4) is 0 Å². The molecule has 0 spiro atoms. The van der Waals surface area contributed by atoms with Gasteiger partial charge in [0.1, 0.15) is 5.69 Å². The number of amides is 1. The van der Waals surface area contributed by atoms with Gasteiger partial charge in [-0.3, -0.25) is 9.78 Å². The number of carbonyl (C=O) groups excluding carboxylic acids is 1. The summed E-state index contributed by atoms with van der Waals surface area (Å²) in [6.45, 7) is 2.89. The first-order valence-electron chi connectivity index (χ1n) is 6.90. The molecule has 106 valence electrons. The number of aromatic nitrogens is 1. The molecule has 0 aliphatic rings. The van der Waals surface area contributed by atoms with Crippen molar-refractivity contribution in [2.45, 2.75) is 19.8 Å². The number of carbonyl (C=O) groups is 1. The summed E-state index contributed by atoms with van der Waals surface area (Å²) in [6, 6.07) is 9.74. The van der Waals surface area contributed by atoms with Gasteiger partial charge in [0, 0.05) is 23.5 Å². The minimum atomic E-state index is -0.0895. The third-order valence-corrected chi connectivity index (χ3v) is 4.42. The summed E-state index contributed by atoms with van der Waals surface area (Å²) >= 11 is 3.46. The average molecular weight is 335 g/mol. The maximum atomic E-state index is 12.2. The summed E-state index contributed by atoms with van der Waals surface area (Å²) in [5.41, 5.74) is 0.511. The molecule has 1 unspecified atom stereocenters. The molecule has 0 fully saturated rings. The molecule has 20 heavy (non-hydrogen) atoms. The Bertz CT molecular complexity index is 580. The Kier molecular flexibility index (Phi) is 5.53. The number of fused-ring (bicyclic) bond motifs is 1. The second kappa shape index (κ2) is 7.39. The number of pyridine rings is 1. The van der Waals surface area contributed by atoms with Crippen molar-refractivity contribution in [2.24, 2.45) is 5.92 Å². The number of benzene rings is 1. The highest BCUT2D eigenvalue weighted by atomic mass is 79.9. The summed E-state index contributed by atoms with van der Waals surface area (Å²) in [7, 11) is 0. The molecule has 0 saturated heterocycles. The van der Waals surface area contributed by atoms with E-state index in [1.54, 1.807) is 6.20 Å². The molecule has 0 bridgehead atoms. The monoisotopic (exact) mass is 334 g/mol. The van der Waals surface area contributed by atoms with Crippen LogP contribution in [0.25, 0.3) is 10.8 Å². The smallest absolute Gasteiger partial charge is 0.270 e. The number of alkyl halides is 1. The number of hydrogen-bond donors (Lipinski definition) is 1. The first-order valence-corrected chi connectivity index (χ1v) is 8.02. The predicted molar refractivity (Wildman–Crippen MR) is 86.3 cm³/mol. The van der Waals surface area contributed by atoms with Gasteiger partial charge in [0.2, 0.25) is 0 Å². The zero-order chi connectivity index (χ0) is 14.4. The lowest BCUT2D eigenvalue weighted by molar-refractivity contribution is 0.0949. The van der Waals surface area contributed by atoms with Crippen molar-refractivity contribution in [1.82, 2.24) is 10.3 Å². The number of nitrogens with zero attached hydrogens (tertiary/aromatic N) is 1. The summed E-state index contributed by atoms with van der Waals surface area (Å²) in [5.74, 6) is 0.552. The van der Waals surface area contributed by atoms with Crippen LogP contribution >= 0.6 is 15.9 Å². The first-order chi connectivity index (χ1) is 9.72. The Morgan fingerprint density at radius 2 is 2.15 bits per heavy atom. The molecule has 1 heterocycles. The summed E-state index contributed by atoms with van der Waals surface area (Å²) in [4.78, 5) is 16.4. The molecule has 4 heteroatoms. The van der Waals surface area contributed by atoms with Crippen molar-refractivity contribution in [2.75, 3.05) is 11.9 Å². The standard InChI is InChI=1S/C16H19BrN2O/c1-12(11-17)5-4-9-19-16(20)15-14-7-3-2-6-13(14)8-10-18-15/h2-3,6-8,10,12H,4-5,9,11H2,1H3,(H,19,20). The van der Waals surface area contributed by atoms with E-state index in [9.17, 15) is 4.79 Å². The van der Waals surface area contributed by atoms with Gasteiger partial charge in [0.15, 0.2) is 0 Å². The third kappa shape index (κ3) is 3.79. The molecule has 1 aromatic carbocycles. The fourth-order valence-corrected chi connectivity index (χ4v) is 2.44. The largest absolute Gasteiger partial charge is 0.351 e. The molecule has 2 aromatic rings. The van der Waals surface area contributed by atoms with Gasteiger partial charge in [-0.2, -0.15) is 0 Å². The van der Waals surface area contributed by atoms with E-state index in [1.165, 1.54) is 0 Å². The van der Waals surface area contributed by atoms with Gasteiger partial charge in [0.25, 0.3) is 5.91 Å². The maximum Gasteiger partial charge on any atom is 0.270 e. The zero-order valence-corrected chi connectivity index (χ0v) is 13.2. The van der Waals surface area contributed by atoms with E-state index in [2.05, 4.69) is 33.2 Å². The van der Waals surface area contributed by atoms with E-state index in [0.29, 0.717) is 18.2 Å². The Hall–Kier alpha value is -1.42. The van der Waals surface area contributed by atoms with E-state index in [0.717, 1.165) is 28.9 Å². The average Bonchev–Trinajstić information content (AvgIpc) is 2.50. The first kappa shape index (κ1) is 15.0. The van der Waals surface area contributed by atoms with Crippen LogP contribution in [-0.2, 0) is 0 Å². The van der Waals surface area contributed by atoms with Crippen molar-refractivity contribution in [3.05, 3.63) is 42.2 Å². The molecule has 0 aliphatic heterocycles. The van der Waals surface area contributed by atoms with E-state index in [1.807, 2.05) is 30.3 Å². The fourth-order valence-electron chi connectivity index (χ4n) is 2.11. The van der Waals surface area contributed by atoms with Gasteiger partial charge in [-0.15, -0.1) is 0 Å². The van der Waals surface area contributed by atoms with Crippen LogP contribution in [-0.4, -0.2) is 22.8 Å². The Labute approximate surface area is 127 Å². The molecule has 0 radical (unpaired) electrons. The second-order valence-electron chi connectivity index (χ2n) is 5.04. The van der Waals surface area contributed by atoms with Crippen LogP contribution in [0, 0.1) is 5.92 Å². The molecule has 3 nitrogen and oxygen atoms in total. The number of halogens is 1. The molecule has 2 rings (SSSR count). The van der Waals surface area contributed by atoms with Gasteiger partial charge in [-0.25, -0.2) is 0 Å². The highest BCUT2D eigenvalue weighted by Crippen LogP contribution is 2.16. The molecular formula is C16H19BrN2O. The molecule has 0 saturated carbocycles. The van der Waals surface area contributed by atoms with Gasteiger partial charge >= 0.3 is 0 Å². The molecule has 1 N–H and O–H groups in total. The van der Waals surface area contributed by atoms with E-state index in [4.69, 9.17) is 0 Å². The quantitative estimate of drug-likeness (QED) is 0.645. The lowest BCUT2D eigenvalue weighted by Crippen LogP contribution is -2.25. The molecule has 1 aromatic heterocycles. The van der Waals surface area contributed by atoms with Gasteiger partial charge < -0.3 is 5.32 Å². The summed E-state index contributed by atoms with van der Waals surface area (Å²) in [6.07, 6.45) is 3.78. The summed E-state index contributed by atoms with van der Waals surface area (Å²) < 4.78 is 0. The van der Waals surface area contributed by atoms with E-state index in [-0.39, 0.29) is 5.91 Å². The minimum Gasteiger partial charge on any atom is -0.351 e. The third-order valence-electron chi connectivity index (χ3n) is 3.31. The molecule has 0 aliphatic carbocycles. The van der Waals surface area contributed by atoms with Crippen molar-refractivity contribution >= 4 is 32.6 Å². The van der Waals surface area contributed by atoms with Crippen LogP contribution in [0.1, 0.15) is 30.3 Å². The van der Waals surface area contributed by atoms with E-state index < -0.39 is 0 Å². The van der Waals surface area contributed by atoms with Crippen molar-refractivity contribution < 1.29 is 4.79 Å². The normalized spacial score (nSPS) is 12.3. The second-order valence-corrected chi connectivity index (χ2v) is 5.69. The maximum absolute atomic E-state index is 12.2. The van der Waals surface area contributed by atoms with Gasteiger partial charge in [-0.05, 0) is 30.2 Å². The number of nitrogens with one attached hydrogen (secondary N) is 1. The number of rotatable bonds is 6. The molecular weight excluding hydrogens is 316 g/mol. The van der Waals surface area contributed by atoms with Crippen molar-refractivity contribution in [3.63, 3.8) is 0 Å². The Morgan fingerprint density at radius 3 is 2.95 bits per heavy atom. The Balaban J connectivity index is 1.98. The number of hydrogen-bond acceptors (Lipinski definition) is 2. The predicted octanol–water partition coefficient (Wildman–Crippen LogP) is 3.78. The van der Waals surface area contributed by atoms with Crippen LogP contribution in [0.15, 0.2) is 36.5 Å². The Morgan fingerprint density at radius 1 is 1.35 bits per heavy atom. The van der Waals surface area contributed by atoms with Crippen LogP contribution in [0.2, 0.25) is 0 Å². The van der Waals surface area contributed by atoms with Crippen LogP contribution in [0.3, 0.4) is 0 Å². The minimum absolute atomic E-state index is 0.0895.